The summed E-state index contributed by atoms with van der Waals surface area (Å²) < 4.78 is 35.3. The number of carbonyl (C=O) groups excluding carboxylic acids is 2. The van der Waals surface area contributed by atoms with Crippen molar-refractivity contribution < 1.29 is 28.2 Å². The molecule has 2 amide bonds. The van der Waals surface area contributed by atoms with E-state index in [-0.39, 0.29) is 40.9 Å². The SMILES string of the molecule is CN(C)Cc1cc(O)ccc1-c1cccc(Oc2ncc(F)cc2C(=O)NC2CCC(NC(=O)c3cn4cc(F)ccc4n3)CC2)c1. The van der Waals surface area contributed by atoms with Crippen molar-refractivity contribution >= 4 is 17.5 Å². The number of hydrogen-bond acceptors (Lipinski definition) is 7. The van der Waals surface area contributed by atoms with Crippen LogP contribution in [0.4, 0.5) is 8.78 Å². The van der Waals surface area contributed by atoms with Crippen LogP contribution in [0.5, 0.6) is 17.4 Å². The van der Waals surface area contributed by atoms with Gasteiger partial charge in [-0.15, -0.1) is 0 Å². The minimum atomic E-state index is -0.672. The van der Waals surface area contributed by atoms with Gasteiger partial charge in [-0.3, -0.25) is 9.59 Å². The molecule has 3 heterocycles. The number of pyridine rings is 2. The first-order valence-corrected chi connectivity index (χ1v) is 15.3. The summed E-state index contributed by atoms with van der Waals surface area (Å²) >= 11 is 0. The van der Waals surface area contributed by atoms with Gasteiger partial charge in [-0.05, 0) is 98.9 Å². The Morgan fingerprint density at radius 1 is 0.936 bits per heavy atom. The van der Waals surface area contributed by atoms with Crippen molar-refractivity contribution in [2.75, 3.05) is 14.1 Å². The molecular formula is C35H34F2N6O4. The predicted molar refractivity (Wildman–Crippen MR) is 171 cm³/mol. The number of rotatable bonds is 9. The molecule has 0 unspecified atom stereocenters. The number of amides is 2. The number of hydrogen-bond donors (Lipinski definition) is 3. The molecule has 2 aromatic carbocycles. The van der Waals surface area contributed by atoms with Crippen LogP contribution in [-0.4, -0.2) is 62.4 Å². The summed E-state index contributed by atoms with van der Waals surface area (Å²) in [7, 11) is 3.89. The minimum Gasteiger partial charge on any atom is -0.508 e. The number of fused-ring (bicyclic) bond motifs is 1. The maximum atomic E-state index is 14.3. The van der Waals surface area contributed by atoms with Crippen molar-refractivity contribution in [3.05, 3.63) is 108 Å². The average Bonchev–Trinajstić information content (AvgIpc) is 3.46. The summed E-state index contributed by atoms with van der Waals surface area (Å²) in [4.78, 5) is 36.5. The Balaban J connectivity index is 1.09. The molecule has 0 atom stereocenters. The molecule has 10 nitrogen and oxygen atoms in total. The number of halogens is 2. The first kappa shape index (κ1) is 31.6. The molecule has 242 valence electrons. The Morgan fingerprint density at radius 2 is 1.68 bits per heavy atom. The minimum absolute atomic E-state index is 0.0337. The molecule has 0 radical (unpaired) electrons. The average molecular weight is 641 g/mol. The summed E-state index contributed by atoms with van der Waals surface area (Å²) in [5.41, 5.74) is 3.30. The summed E-state index contributed by atoms with van der Waals surface area (Å²) in [6.07, 6.45) is 6.16. The Morgan fingerprint density at radius 3 is 2.43 bits per heavy atom. The highest BCUT2D eigenvalue weighted by Crippen LogP contribution is 2.32. The van der Waals surface area contributed by atoms with Gasteiger partial charge in [-0.25, -0.2) is 18.7 Å². The lowest BCUT2D eigenvalue weighted by Crippen LogP contribution is -2.44. The fourth-order valence-corrected chi connectivity index (χ4v) is 5.82. The van der Waals surface area contributed by atoms with E-state index in [1.54, 1.807) is 24.3 Å². The molecule has 0 bridgehead atoms. The Kier molecular flexibility index (Phi) is 9.12. The van der Waals surface area contributed by atoms with Crippen LogP contribution in [0.2, 0.25) is 0 Å². The third kappa shape index (κ3) is 7.55. The molecule has 1 aliphatic rings. The topological polar surface area (TPSA) is 121 Å². The van der Waals surface area contributed by atoms with Crippen molar-refractivity contribution in [1.29, 1.82) is 0 Å². The van der Waals surface area contributed by atoms with Crippen LogP contribution >= 0.6 is 0 Å². The smallest absolute Gasteiger partial charge is 0.271 e. The molecule has 1 fully saturated rings. The van der Waals surface area contributed by atoms with Crippen LogP contribution in [0, 0.1) is 11.6 Å². The zero-order valence-corrected chi connectivity index (χ0v) is 25.9. The van der Waals surface area contributed by atoms with E-state index in [1.165, 1.54) is 28.9 Å². The number of nitrogens with one attached hydrogen (secondary N) is 2. The Hall–Kier alpha value is -5.36. The van der Waals surface area contributed by atoms with Gasteiger partial charge >= 0.3 is 0 Å². The van der Waals surface area contributed by atoms with Crippen molar-refractivity contribution in [3.63, 3.8) is 0 Å². The van der Waals surface area contributed by atoms with E-state index in [1.807, 2.05) is 37.2 Å². The van der Waals surface area contributed by atoms with E-state index in [4.69, 9.17) is 4.74 Å². The van der Waals surface area contributed by atoms with Gasteiger partial charge in [0, 0.05) is 31.0 Å². The number of carbonyl (C=O) groups is 2. The van der Waals surface area contributed by atoms with Crippen LogP contribution < -0.4 is 15.4 Å². The maximum Gasteiger partial charge on any atom is 0.271 e. The fourth-order valence-electron chi connectivity index (χ4n) is 5.82. The number of ether oxygens (including phenoxy) is 1. The lowest BCUT2D eigenvalue weighted by Gasteiger charge is -2.29. The quantitative estimate of drug-likeness (QED) is 0.189. The molecule has 0 aliphatic heterocycles. The van der Waals surface area contributed by atoms with Gasteiger partial charge in [-0.1, -0.05) is 18.2 Å². The zero-order chi connectivity index (χ0) is 33.1. The molecule has 0 saturated heterocycles. The first-order valence-electron chi connectivity index (χ1n) is 15.3. The molecule has 3 N–H and O–H groups in total. The van der Waals surface area contributed by atoms with Crippen LogP contribution in [-0.2, 0) is 6.54 Å². The van der Waals surface area contributed by atoms with Crippen LogP contribution in [0.15, 0.2) is 79.3 Å². The summed E-state index contributed by atoms with van der Waals surface area (Å²) in [6, 6.07) is 16.0. The molecule has 6 rings (SSSR count). The van der Waals surface area contributed by atoms with Gasteiger partial charge in [-0.2, -0.15) is 0 Å². The standard InChI is InChI=1S/C35H34F2N6O4/c1-42(2)18-22-14-27(44)11-12-29(22)21-4-3-5-28(15-21)47-35-30(16-24(37)17-38-35)33(45)39-25-7-9-26(10-8-25)40-34(46)31-20-43-19-23(36)6-13-32(43)41-31/h3-6,11-17,19-20,25-26,44H,7-10,18H2,1-2H3,(H,39,45)(H,40,46). The molecule has 1 aliphatic carbocycles. The molecule has 1 saturated carbocycles. The lowest BCUT2D eigenvalue weighted by atomic mass is 9.91. The zero-order valence-electron chi connectivity index (χ0n) is 25.9. The van der Waals surface area contributed by atoms with Crippen LogP contribution in [0.1, 0.15) is 52.1 Å². The van der Waals surface area contributed by atoms with Gasteiger partial charge < -0.3 is 29.8 Å². The second-order valence-corrected chi connectivity index (χ2v) is 11.9. The van der Waals surface area contributed by atoms with E-state index >= 15 is 0 Å². The van der Waals surface area contributed by atoms with Gasteiger partial charge in [0.05, 0.1) is 6.20 Å². The summed E-state index contributed by atoms with van der Waals surface area (Å²) in [5, 5.41) is 16.0. The third-order valence-electron chi connectivity index (χ3n) is 8.04. The van der Waals surface area contributed by atoms with Gasteiger partial charge in [0.15, 0.2) is 0 Å². The Labute approximate surface area is 270 Å². The maximum absolute atomic E-state index is 14.3. The van der Waals surface area contributed by atoms with Crippen LogP contribution in [0.25, 0.3) is 16.8 Å². The molecule has 5 aromatic rings. The van der Waals surface area contributed by atoms with E-state index in [0.29, 0.717) is 43.6 Å². The molecule has 0 spiro atoms. The van der Waals surface area contributed by atoms with E-state index in [2.05, 4.69) is 20.6 Å². The number of aromatic hydroxyl groups is 1. The molecular weight excluding hydrogens is 606 g/mol. The second-order valence-electron chi connectivity index (χ2n) is 11.9. The highest BCUT2D eigenvalue weighted by Gasteiger charge is 2.26. The fraction of sp³-hybridized carbons (Fsp3) is 0.257. The normalized spacial score (nSPS) is 16.3. The highest BCUT2D eigenvalue weighted by molar-refractivity contribution is 5.96. The molecule has 47 heavy (non-hydrogen) atoms. The number of nitrogens with zero attached hydrogens (tertiary/aromatic N) is 4. The summed E-state index contributed by atoms with van der Waals surface area (Å²) in [5.74, 6) is -1.42. The largest absolute Gasteiger partial charge is 0.508 e. The third-order valence-corrected chi connectivity index (χ3v) is 8.04. The molecule has 12 heteroatoms. The van der Waals surface area contributed by atoms with Crippen molar-refractivity contribution in [2.24, 2.45) is 0 Å². The van der Waals surface area contributed by atoms with Crippen molar-refractivity contribution in [2.45, 2.75) is 44.3 Å². The van der Waals surface area contributed by atoms with Gasteiger partial charge in [0.1, 0.15) is 40.0 Å². The molecule has 3 aromatic heterocycles. The number of phenolic OH excluding ortho intramolecular Hbond substituents is 1. The number of benzene rings is 2. The van der Waals surface area contributed by atoms with Crippen molar-refractivity contribution in [3.8, 4) is 28.5 Å². The van der Waals surface area contributed by atoms with Crippen molar-refractivity contribution in [1.82, 2.24) is 29.9 Å². The van der Waals surface area contributed by atoms with Gasteiger partial charge in [0.25, 0.3) is 11.8 Å². The Bertz CT molecular complexity index is 1940. The number of phenols is 1. The number of imidazole rings is 1. The highest BCUT2D eigenvalue weighted by atomic mass is 19.1. The second kappa shape index (κ2) is 13.6. The van der Waals surface area contributed by atoms with Gasteiger partial charge in [0.2, 0.25) is 5.88 Å². The lowest BCUT2D eigenvalue weighted by molar-refractivity contribution is 0.0888. The first-order chi connectivity index (χ1) is 22.6. The summed E-state index contributed by atoms with van der Waals surface area (Å²) in [6.45, 7) is 0.608. The van der Waals surface area contributed by atoms with Crippen LogP contribution in [0.3, 0.4) is 0 Å². The monoisotopic (exact) mass is 640 g/mol. The van der Waals surface area contributed by atoms with E-state index < -0.39 is 17.5 Å². The predicted octanol–water partition coefficient (Wildman–Crippen LogP) is 5.71. The van der Waals surface area contributed by atoms with E-state index in [0.717, 1.165) is 29.0 Å². The van der Waals surface area contributed by atoms with E-state index in [9.17, 15) is 23.5 Å². The number of aromatic nitrogens is 3.